The van der Waals surface area contributed by atoms with E-state index in [4.69, 9.17) is 33.2 Å². The Hall–Kier alpha value is -5.89. The summed E-state index contributed by atoms with van der Waals surface area (Å²) in [6.45, 7) is 14.1. The molecular weight excluding hydrogens is 976 g/mol. The summed E-state index contributed by atoms with van der Waals surface area (Å²) in [5.74, 6) is 2.75. The third-order valence-corrected chi connectivity index (χ3v) is 16.8. The summed E-state index contributed by atoms with van der Waals surface area (Å²) in [5.41, 5.74) is 8.76. The molecule has 1 fully saturated rings. The van der Waals surface area contributed by atoms with Crippen LogP contribution in [0.4, 0.5) is 0 Å². The van der Waals surface area contributed by atoms with Crippen molar-refractivity contribution in [1.29, 1.82) is 0 Å². The van der Waals surface area contributed by atoms with Gasteiger partial charge in [0, 0.05) is 113 Å². The second-order valence-electron chi connectivity index (χ2n) is 18.7. The summed E-state index contributed by atoms with van der Waals surface area (Å²) >= 11 is 16.2. The number of likely N-dealkylation sites (N-methyl/N-ethyl adjacent to an activating group) is 1. The number of halogens is 2. The van der Waals surface area contributed by atoms with Gasteiger partial charge < -0.3 is 20.1 Å². The zero-order valence-electron chi connectivity index (χ0n) is 40.8. The number of benzene rings is 2. The molecule has 2 aromatic carbocycles. The summed E-state index contributed by atoms with van der Waals surface area (Å²) in [6.07, 6.45) is 5.62. The molecule has 2 N–H and O–H groups in total. The largest absolute Gasteiger partial charge is 0.353 e. The average molecular weight is 1030 g/mol. The van der Waals surface area contributed by atoms with Crippen molar-refractivity contribution < 1.29 is 9.59 Å². The van der Waals surface area contributed by atoms with Crippen molar-refractivity contribution in [2.45, 2.75) is 78.4 Å². The van der Waals surface area contributed by atoms with Crippen molar-refractivity contribution in [1.82, 2.24) is 59.5 Å². The number of hydrogen-bond acceptors (Lipinski definition) is 13. The van der Waals surface area contributed by atoms with Crippen LogP contribution in [0.3, 0.4) is 0 Å². The Kier molecular flexibility index (Phi) is 13.9. The molecule has 3 aliphatic heterocycles. The fraction of sp³-hybridized carbons (Fsp3) is 0.392. The zero-order valence-corrected chi connectivity index (χ0v) is 44.0. The first-order chi connectivity index (χ1) is 34.2. The Labute approximate surface area is 430 Å². The van der Waals surface area contributed by atoms with Crippen LogP contribution >= 0.6 is 45.9 Å². The van der Waals surface area contributed by atoms with Gasteiger partial charge in [-0.25, -0.2) is 4.98 Å². The quantitative estimate of drug-likeness (QED) is 0.112. The van der Waals surface area contributed by atoms with Crippen LogP contribution in [0.1, 0.15) is 97.1 Å². The normalized spacial score (nSPS) is 17.9. The van der Waals surface area contributed by atoms with Gasteiger partial charge in [-0.2, -0.15) is 0 Å². The highest BCUT2D eigenvalue weighted by Crippen LogP contribution is 2.41. The average Bonchev–Trinajstić information content (AvgIpc) is 4.15. The molecule has 71 heavy (non-hydrogen) atoms. The van der Waals surface area contributed by atoms with E-state index in [0.29, 0.717) is 47.5 Å². The monoisotopic (exact) mass is 1030 g/mol. The maximum Gasteiger partial charge on any atom is 0.221 e. The standard InChI is InChI=1S/C51H56Cl2N14O2S2/c1-28-30(3)70-50-44(28)46(33-8-12-35(52)13-9-33)57-40(48-61-59-31(4)66(48)50)24-55-43(69)18-19-65-21-20-63(6)26-38(65)22-41-29(2)45-47(34-10-14-36(53)15-11-34)58-39(49-62-60-32(5)67(49)51(45)71-41)23-54-42(68)17-16-37-25-64(7)27-56-37/h8-15,25,27,38-40H,16-24,26H2,1-7H3,(H,54,68)(H,55,69). The Morgan fingerprint density at radius 1 is 0.704 bits per heavy atom. The van der Waals surface area contributed by atoms with Crippen molar-refractivity contribution in [2.75, 3.05) is 46.3 Å². The molecule has 0 bridgehead atoms. The number of fused-ring (bicyclic) bond motifs is 6. The SMILES string of the molecule is Cc1sc2c(c1C)C(c1ccc(Cl)cc1)=NC(CNC(=O)CCN1CCN(C)CC1Cc1sc3c(c1C)C(c1ccc(Cl)cc1)=NC(CNC(=O)CCc1cn(C)cn1)c1nnc(C)n1-3)c1nnc(C)n1-2. The number of aliphatic imine (C=N–C) groups is 2. The molecule has 8 heterocycles. The lowest BCUT2D eigenvalue weighted by atomic mass is 9.97. The number of amides is 2. The van der Waals surface area contributed by atoms with Crippen LogP contribution < -0.4 is 10.6 Å². The first kappa shape index (κ1) is 48.7. The Morgan fingerprint density at radius 2 is 1.25 bits per heavy atom. The predicted molar refractivity (Wildman–Crippen MR) is 281 cm³/mol. The molecule has 10 rings (SSSR count). The molecule has 0 saturated carbocycles. The van der Waals surface area contributed by atoms with Crippen LogP contribution in [-0.2, 0) is 29.5 Å². The van der Waals surface area contributed by atoms with Crippen molar-refractivity contribution in [3.8, 4) is 10.0 Å². The van der Waals surface area contributed by atoms with Crippen molar-refractivity contribution >= 4 is 69.1 Å². The topological polar surface area (TPSA) is 169 Å². The number of nitrogens with one attached hydrogen (secondary N) is 2. The van der Waals surface area contributed by atoms with Gasteiger partial charge >= 0.3 is 0 Å². The molecule has 368 valence electrons. The number of hydrogen-bond donors (Lipinski definition) is 2. The van der Waals surface area contributed by atoms with E-state index >= 15 is 0 Å². The second kappa shape index (κ2) is 20.3. The molecule has 0 aliphatic carbocycles. The van der Waals surface area contributed by atoms with Gasteiger partial charge in [-0.05, 0) is 89.9 Å². The predicted octanol–water partition coefficient (Wildman–Crippen LogP) is 7.45. The molecule has 1 saturated heterocycles. The van der Waals surface area contributed by atoms with E-state index in [1.807, 2.05) is 80.2 Å². The van der Waals surface area contributed by atoms with E-state index in [1.54, 1.807) is 29.0 Å². The number of carbonyl (C=O) groups excluding carboxylic acids is 2. The molecule has 0 spiro atoms. The van der Waals surface area contributed by atoms with Gasteiger partial charge in [0.15, 0.2) is 11.6 Å². The zero-order chi connectivity index (χ0) is 49.7. The number of aryl methyl sites for hydroxylation is 5. The van der Waals surface area contributed by atoms with Crippen LogP contribution in [0.15, 0.2) is 71.0 Å². The minimum absolute atomic E-state index is 0.0443. The van der Waals surface area contributed by atoms with E-state index in [9.17, 15) is 9.59 Å². The van der Waals surface area contributed by atoms with Gasteiger partial charge in [0.2, 0.25) is 11.8 Å². The first-order valence-corrected chi connectivity index (χ1v) is 26.3. The Balaban J connectivity index is 0.877. The van der Waals surface area contributed by atoms with E-state index in [0.717, 1.165) is 98.2 Å². The summed E-state index contributed by atoms with van der Waals surface area (Å²) < 4.78 is 6.10. The van der Waals surface area contributed by atoms with Crippen molar-refractivity contribution in [3.05, 3.63) is 143 Å². The molecule has 3 atom stereocenters. The summed E-state index contributed by atoms with van der Waals surface area (Å²) in [6, 6.07) is 14.7. The molecule has 5 aromatic heterocycles. The van der Waals surface area contributed by atoms with Gasteiger partial charge in [-0.1, -0.05) is 47.5 Å². The number of nitrogens with zero attached hydrogens (tertiary/aromatic N) is 12. The van der Waals surface area contributed by atoms with Crippen LogP contribution in [-0.4, -0.2) is 124 Å². The van der Waals surface area contributed by atoms with Gasteiger partial charge in [0.25, 0.3) is 0 Å². The molecule has 3 aliphatic rings. The second-order valence-corrected chi connectivity index (χ2v) is 21.9. The number of carbonyl (C=O) groups is 2. The van der Waals surface area contributed by atoms with E-state index in [1.165, 1.54) is 9.75 Å². The lowest BCUT2D eigenvalue weighted by Crippen LogP contribution is -2.53. The highest BCUT2D eigenvalue weighted by atomic mass is 35.5. The van der Waals surface area contributed by atoms with Crippen LogP contribution in [0.2, 0.25) is 10.0 Å². The van der Waals surface area contributed by atoms with E-state index < -0.39 is 12.1 Å². The van der Waals surface area contributed by atoms with E-state index in [2.05, 4.69) is 82.8 Å². The third kappa shape index (κ3) is 9.89. The lowest BCUT2D eigenvalue weighted by Gasteiger charge is -2.40. The van der Waals surface area contributed by atoms with Gasteiger partial charge in [0.05, 0.1) is 23.4 Å². The number of imidazole rings is 1. The first-order valence-electron chi connectivity index (χ1n) is 23.9. The molecule has 2 amide bonds. The molecule has 20 heteroatoms. The van der Waals surface area contributed by atoms with Crippen LogP contribution in [0, 0.1) is 34.6 Å². The molecule has 16 nitrogen and oxygen atoms in total. The summed E-state index contributed by atoms with van der Waals surface area (Å²) in [7, 11) is 4.08. The fourth-order valence-corrected chi connectivity index (χ4v) is 12.7. The smallest absolute Gasteiger partial charge is 0.221 e. The highest BCUT2D eigenvalue weighted by molar-refractivity contribution is 7.15. The molecule has 7 aromatic rings. The van der Waals surface area contributed by atoms with Crippen LogP contribution in [0.25, 0.3) is 10.0 Å². The minimum atomic E-state index is -0.499. The molecular formula is C51H56Cl2N14O2S2. The number of thiophene rings is 2. The third-order valence-electron chi connectivity index (χ3n) is 13.8. The lowest BCUT2D eigenvalue weighted by molar-refractivity contribution is -0.122. The maximum absolute atomic E-state index is 13.9. The summed E-state index contributed by atoms with van der Waals surface area (Å²) in [4.78, 5) is 49.5. The van der Waals surface area contributed by atoms with Gasteiger partial charge in [-0.3, -0.25) is 33.6 Å². The molecule has 0 radical (unpaired) electrons. The molecule has 3 unspecified atom stereocenters. The fourth-order valence-electron chi connectivity index (χ4n) is 9.83. The maximum atomic E-state index is 13.9. The summed E-state index contributed by atoms with van der Waals surface area (Å²) in [5, 5.41) is 28.0. The van der Waals surface area contributed by atoms with Crippen molar-refractivity contribution in [3.63, 3.8) is 0 Å². The minimum Gasteiger partial charge on any atom is -0.353 e. The van der Waals surface area contributed by atoms with Gasteiger partial charge in [-0.15, -0.1) is 43.1 Å². The van der Waals surface area contributed by atoms with Gasteiger partial charge in [0.1, 0.15) is 33.7 Å². The Morgan fingerprint density at radius 3 is 1.82 bits per heavy atom. The number of rotatable bonds is 14. The highest BCUT2D eigenvalue weighted by Gasteiger charge is 2.35. The van der Waals surface area contributed by atoms with Crippen LogP contribution in [0.5, 0.6) is 0 Å². The number of piperazine rings is 1. The van der Waals surface area contributed by atoms with Crippen molar-refractivity contribution in [2.24, 2.45) is 17.0 Å². The van der Waals surface area contributed by atoms with E-state index in [-0.39, 0.29) is 30.9 Å². The Bertz CT molecular complexity index is 3200. The number of aromatic nitrogens is 8.